The summed E-state index contributed by atoms with van der Waals surface area (Å²) in [4.78, 5) is 0. The van der Waals surface area contributed by atoms with Crippen LogP contribution in [0.1, 0.15) is 41.3 Å². The number of alkyl halides is 2. The molecular formula is C13H13F2N3S. The lowest BCUT2D eigenvalue weighted by Gasteiger charge is -2.04. The smallest absolute Gasteiger partial charge is 0.263 e. The van der Waals surface area contributed by atoms with Crippen LogP contribution in [-0.2, 0) is 6.54 Å². The third kappa shape index (κ3) is 3.07. The van der Waals surface area contributed by atoms with E-state index < -0.39 is 6.43 Å². The fraction of sp³-hybridized carbons (Fsp3) is 0.385. The molecule has 0 radical (unpaired) electrons. The maximum Gasteiger partial charge on any atom is 0.263 e. The minimum Gasteiger partial charge on any atom is -0.356 e. The van der Waals surface area contributed by atoms with Gasteiger partial charge in [-0.1, -0.05) is 35.6 Å². The molecule has 1 heterocycles. The van der Waals surface area contributed by atoms with Gasteiger partial charge in [0.1, 0.15) is 5.01 Å². The van der Waals surface area contributed by atoms with Gasteiger partial charge in [0.15, 0.2) is 0 Å². The number of hydrogen-bond acceptors (Lipinski definition) is 4. The second-order valence-electron chi connectivity index (χ2n) is 4.62. The number of nitrogens with one attached hydrogen (secondary N) is 1. The van der Waals surface area contributed by atoms with E-state index in [1.807, 2.05) is 0 Å². The second-order valence-corrected chi connectivity index (χ2v) is 5.62. The van der Waals surface area contributed by atoms with Gasteiger partial charge in [-0.3, -0.25) is 0 Å². The fourth-order valence-electron chi connectivity index (χ4n) is 1.76. The highest BCUT2D eigenvalue weighted by molar-refractivity contribution is 7.15. The van der Waals surface area contributed by atoms with Crippen molar-refractivity contribution < 1.29 is 8.78 Å². The maximum atomic E-state index is 12.4. The molecule has 2 aromatic rings. The summed E-state index contributed by atoms with van der Waals surface area (Å²) in [6.07, 6.45) is 0.0132. The van der Waals surface area contributed by atoms with E-state index in [0.717, 1.165) is 15.7 Å². The largest absolute Gasteiger partial charge is 0.356 e. The Kier molecular flexibility index (Phi) is 3.42. The summed E-state index contributed by atoms with van der Waals surface area (Å²) >= 11 is 1.58. The molecule has 1 aliphatic rings. The Labute approximate surface area is 113 Å². The first-order valence-corrected chi connectivity index (χ1v) is 6.98. The molecule has 0 unspecified atom stereocenters. The molecule has 0 spiro atoms. The van der Waals surface area contributed by atoms with Crippen molar-refractivity contribution in [2.24, 2.45) is 0 Å². The molecule has 0 saturated heterocycles. The number of rotatable bonds is 5. The first-order valence-electron chi connectivity index (χ1n) is 6.16. The molecule has 1 aliphatic carbocycles. The number of nitrogens with zero attached hydrogens (tertiary/aromatic N) is 2. The van der Waals surface area contributed by atoms with Crippen LogP contribution in [0, 0.1) is 0 Å². The van der Waals surface area contributed by atoms with E-state index in [-0.39, 0.29) is 5.56 Å². The first kappa shape index (κ1) is 12.5. The Morgan fingerprint density at radius 3 is 2.58 bits per heavy atom. The van der Waals surface area contributed by atoms with Gasteiger partial charge in [-0.25, -0.2) is 8.78 Å². The van der Waals surface area contributed by atoms with Crippen LogP contribution in [0.3, 0.4) is 0 Å². The van der Waals surface area contributed by atoms with Gasteiger partial charge < -0.3 is 5.32 Å². The van der Waals surface area contributed by atoms with Crippen molar-refractivity contribution >= 4 is 16.5 Å². The van der Waals surface area contributed by atoms with Crippen LogP contribution < -0.4 is 5.32 Å². The van der Waals surface area contributed by atoms with Crippen LogP contribution in [-0.4, -0.2) is 10.2 Å². The van der Waals surface area contributed by atoms with E-state index in [2.05, 4.69) is 15.5 Å². The maximum absolute atomic E-state index is 12.4. The fourth-order valence-corrected chi connectivity index (χ4v) is 2.67. The average Bonchev–Trinajstić information content (AvgIpc) is 3.16. The molecule has 0 amide bonds. The number of aromatic nitrogens is 2. The number of hydrogen-bond donors (Lipinski definition) is 1. The zero-order valence-electron chi connectivity index (χ0n) is 10.1. The van der Waals surface area contributed by atoms with E-state index in [4.69, 9.17) is 0 Å². The molecule has 1 aromatic carbocycles. The van der Waals surface area contributed by atoms with Crippen molar-refractivity contribution in [3.63, 3.8) is 0 Å². The normalized spacial score (nSPS) is 14.9. The number of halogens is 2. The van der Waals surface area contributed by atoms with E-state index in [0.29, 0.717) is 12.5 Å². The number of benzene rings is 1. The number of anilines is 1. The lowest BCUT2D eigenvalue weighted by atomic mass is 10.1. The van der Waals surface area contributed by atoms with Crippen LogP contribution in [0.2, 0.25) is 0 Å². The summed E-state index contributed by atoms with van der Waals surface area (Å²) in [6, 6.07) is 6.32. The molecule has 1 saturated carbocycles. The zero-order chi connectivity index (χ0) is 13.2. The Balaban J connectivity index is 1.58. The summed E-state index contributed by atoms with van der Waals surface area (Å²) in [5, 5.41) is 13.3. The molecule has 6 heteroatoms. The molecule has 0 aliphatic heterocycles. The molecule has 3 rings (SSSR count). The molecule has 19 heavy (non-hydrogen) atoms. The lowest BCUT2D eigenvalue weighted by Crippen LogP contribution is -1.99. The molecular weight excluding hydrogens is 268 g/mol. The minimum absolute atomic E-state index is 0.0516. The molecule has 1 fully saturated rings. The monoisotopic (exact) mass is 281 g/mol. The molecule has 1 N–H and O–H groups in total. The van der Waals surface area contributed by atoms with E-state index in [1.54, 1.807) is 23.5 Å². The molecule has 100 valence electrons. The van der Waals surface area contributed by atoms with Crippen LogP contribution in [0.25, 0.3) is 0 Å². The van der Waals surface area contributed by atoms with Crippen molar-refractivity contribution in [1.82, 2.24) is 10.2 Å². The Bertz CT molecular complexity index is 549. The lowest BCUT2D eigenvalue weighted by molar-refractivity contribution is 0.151. The highest BCUT2D eigenvalue weighted by atomic mass is 32.1. The highest BCUT2D eigenvalue weighted by Crippen LogP contribution is 2.42. The van der Waals surface area contributed by atoms with E-state index in [1.165, 1.54) is 25.0 Å². The highest BCUT2D eigenvalue weighted by Gasteiger charge is 2.27. The summed E-state index contributed by atoms with van der Waals surface area (Å²) in [5.41, 5.74) is 1.00. The van der Waals surface area contributed by atoms with Gasteiger partial charge in [0.05, 0.1) is 0 Å². The molecule has 0 atom stereocenters. The summed E-state index contributed by atoms with van der Waals surface area (Å²) in [7, 11) is 0. The van der Waals surface area contributed by atoms with Gasteiger partial charge in [0.25, 0.3) is 6.43 Å². The van der Waals surface area contributed by atoms with E-state index >= 15 is 0 Å². The van der Waals surface area contributed by atoms with Crippen LogP contribution in [0.4, 0.5) is 13.9 Å². The molecule has 3 nitrogen and oxygen atoms in total. The van der Waals surface area contributed by atoms with Gasteiger partial charge in [-0.2, -0.15) is 0 Å². The average molecular weight is 281 g/mol. The summed E-state index contributed by atoms with van der Waals surface area (Å²) < 4.78 is 24.8. The quantitative estimate of drug-likeness (QED) is 0.901. The van der Waals surface area contributed by atoms with Crippen LogP contribution in [0.5, 0.6) is 0 Å². The Hall–Kier alpha value is -1.56. The Morgan fingerprint density at radius 1 is 1.21 bits per heavy atom. The van der Waals surface area contributed by atoms with Crippen LogP contribution >= 0.6 is 11.3 Å². The van der Waals surface area contributed by atoms with Crippen molar-refractivity contribution in [3.8, 4) is 0 Å². The predicted molar refractivity (Wildman–Crippen MR) is 70.6 cm³/mol. The topological polar surface area (TPSA) is 37.8 Å². The summed E-state index contributed by atoms with van der Waals surface area (Å²) in [5.74, 6) is 0.610. The summed E-state index contributed by atoms with van der Waals surface area (Å²) in [6.45, 7) is 0.572. The van der Waals surface area contributed by atoms with Crippen molar-refractivity contribution in [3.05, 3.63) is 40.4 Å². The standard InChI is InChI=1S/C13H13F2N3S/c14-11(15)9-3-1-8(2-4-9)7-16-13-18-17-12(19-13)10-5-6-10/h1-4,10-11H,5-7H2,(H,16,18). The van der Waals surface area contributed by atoms with Crippen molar-refractivity contribution in [2.45, 2.75) is 31.7 Å². The van der Waals surface area contributed by atoms with Gasteiger partial charge in [-0.05, 0) is 18.4 Å². The van der Waals surface area contributed by atoms with Gasteiger partial charge in [-0.15, -0.1) is 10.2 Å². The zero-order valence-corrected chi connectivity index (χ0v) is 11.0. The molecule has 1 aromatic heterocycles. The van der Waals surface area contributed by atoms with Gasteiger partial charge in [0.2, 0.25) is 5.13 Å². The Morgan fingerprint density at radius 2 is 1.95 bits per heavy atom. The first-order chi connectivity index (χ1) is 9.22. The van der Waals surface area contributed by atoms with Crippen molar-refractivity contribution in [2.75, 3.05) is 5.32 Å². The van der Waals surface area contributed by atoms with Crippen LogP contribution in [0.15, 0.2) is 24.3 Å². The third-order valence-corrected chi connectivity index (χ3v) is 4.09. The van der Waals surface area contributed by atoms with Gasteiger partial charge in [0, 0.05) is 18.0 Å². The minimum atomic E-state index is -2.41. The molecule has 0 bridgehead atoms. The van der Waals surface area contributed by atoms with Crippen molar-refractivity contribution in [1.29, 1.82) is 0 Å². The predicted octanol–water partition coefficient (Wildman–Crippen LogP) is 3.97. The third-order valence-electron chi connectivity index (χ3n) is 3.04. The second kappa shape index (κ2) is 5.21. The van der Waals surface area contributed by atoms with E-state index in [9.17, 15) is 8.78 Å². The van der Waals surface area contributed by atoms with Gasteiger partial charge >= 0.3 is 0 Å². The SMILES string of the molecule is FC(F)c1ccc(CNc2nnc(C3CC3)s2)cc1.